The number of hydrogen-bond donors (Lipinski definition) is 1. The van der Waals surface area contributed by atoms with Crippen LogP contribution in [0.5, 0.6) is 0 Å². The molecule has 0 bridgehead atoms. The van der Waals surface area contributed by atoms with Crippen molar-refractivity contribution in [2.45, 2.75) is 32.0 Å². The molecule has 0 radical (unpaired) electrons. The maximum atomic E-state index is 12.6. The third kappa shape index (κ3) is 1.60. The zero-order valence-electron chi connectivity index (χ0n) is 10.8. The number of carbonyl (C=O) groups is 1. The first-order valence-corrected chi connectivity index (χ1v) is 6.42. The topological polar surface area (TPSA) is 41.6 Å². The van der Waals surface area contributed by atoms with Gasteiger partial charge >= 0.3 is 0 Å². The normalized spacial score (nSPS) is 26.3. The third-order valence-corrected chi connectivity index (χ3v) is 3.95. The smallest absolute Gasteiger partial charge is 0.256 e. The summed E-state index contributed by atoms with van der Waals surface area (Å²) in [5, 5.41) is 3.39. The van der Waals surface area contributed by atoms with Crippen molar-refractivity contribution in [1.82, 2.24) is 4.90 Å². The Bertz CT molecular complexity index is 487. The van der Waals surface area contributed by atoms with Crippen molar-refractivity contribution in [3.63, 3.8) is 0 Å². The lowest BCUT2D eigenvalue weighted by Crippen LogP contribution is -2.44. The first kappa shape index (κ1) is 11.5. The number of ether oxygens (including phenoxy) is 1. The van der Waals surface area contributed by atoms with Gasteiger partial charge in [0.25, 0.3) is 5.91 Å². The second-order valence-electron chi connectivity index (χ2n) is 5.01. The van der Waals surface area contributed by atoms with Crippen LogP contribution in [0.2, 0.25) is 0 Å². The summed E-state index contributed by atoms with van der Waals surface area (Å²) in [6, 6.07) is 5.99. The molecule has 0 aromatic heterocycles. The lowest BCUT2D eigenvalue weighted by atomic mass is 10.1. The minimum Gasteiger partial charge on any atom is -0.360 e. The van der Waals surface area contributed by atoms with E-state index < -0.39 is 0 Å². The number of nitrogens with one attached hydrogen (secondary N) is 1. The fraction of sp³-hybridized carbons (Fsp3) is 0.500. The Morgan fingerprint density at radius 3 is 3.06 bits per heavy atom. The Hall–Kier alpha value is -1.55. The summed E-state index contributed by atoms with van der Waals surface area (Å²) in [5.41, 5.74) is 2.77. The fourth-order valence-electron chi connectivity index (χ4n) is 3.01. The molecule has 2 aliphatic rings. The van der Waals surface area contributed by atoms with Crippen molar-refractivity contribution in [3.8, 4) is 0 Å². The van der Waals surface area contributed by atoms with Gasteiger partial charge in [-0.3, -0.25) is 4.79 Å². The number of benzene rings is 1. The van der Waals surface area contributed by atoms with Gasteiger partial charge in [-0.2, -0.15) is 0 Å². The third-order valence-electron chi connectivity index (χ3n) is 3.95. The molecule has 0 saturated carbocycles. The molecule has 2 aliphatic heterocycles. The van der Waals surface area contributed by atoms with Crippen LogP contribution in [0.25, 0.3) is 0 Å². The standard InChI is InChI=1S/C14H18N2O2/c1-9-5-3-6-10-12(9)15-13(18-2)11-7-4-8-16(11)14(10)17/h3,5-6,11,13,15H,4,7-8H2,1-2H3/t11-,13+/m0/s1. The minimum absolute atomic E-state index is 0.112. The number of amides is 1. The quantitative estimate of drug-likeness (QED) is 0.824. The first-order chi connectivity index (χ1) is 8.72. The van der Waals surface area contributed by atoms with Gasteiger partial charge in [-0.25, -0.2) is 0 Å². The molecule has 0 spiro atoms. The van der Waals surface area contributed by atoms with Crippen LogP contribution in [0, 0.1) is 6.92 Å². The molecule has 96 valence electrons. The van der Waals surface area contributed by atoms with Gasteiger partial charge in [-0.05, 0) is 31.4 Å². The molecule has 1 N–H and O–H groups in total. The van der Waals surface area contributed by atoms with E-state index in [9.17, 15) is 4.79 Å². The van der Waals surface area contributed by atoms with Gasteiger partial charge in [0.1, 0.15) is 6.23 Å². The van der Waals surface area contributed by atoms with Crippen molar-refractivity contribution < 1.29 is 9.53 Å². The van der Waals surface area contributed by atoms with Crippen LogP contribution in [0.15, 0.2) is 18.2 Å². The summed E-state index contributed by atoms with van der Waals surface area (Å²) >= 11 is 0. The summed E-state index contributed by atoms with van der Waals surface area (Å²) < 4.78 is 5.54. The molecule has 18 heavy (non-hydrogen) atoms. The second kappa shape index (κ2) is 4.28. The van der Waals surface area contributed by atoms with E-state index in [1.54, 1.807) is 7.11 Å². The average Bonchev–Trinajstić information content (AvgIpc) is 2.81. The number of anilines is 1. The number of carbonyl (C=O) groups excluding carboxylic acids is 1. The Balaban J connectivity index is 2.10. The zero-order chi connectivity index (χ0) is 12.7. The number of rotatable bonds is 1. The summed E-state index contributed by atoms with van der Waals surface area (Å²) in [7, 11) is 1.70. The molecule has 1 saturated heterocycles. The Morgan fingerprint density at radius 1 is 1.44 bits per heavy atom. The first-order valence-electron chi connectivity index (χ1n) is 6.42. The van der Waals surface area contributed by atoms with Crippen LogP contribution < -0.4 is 5.32 Å². The van der Waals surface area contributed by atoms with E-state index >= 15 is 0 Å². The van der Waals surface area contributed by atoms with Crippen LogP contribution in [-0.4, -0.2) is 36.7 Å². The molecule has 4 heteroatoms. The average molecular weight is 246 g/mol. The number of methoxy groups -OCH3 is 1. The van der Waals surface area contributed by atoms with Crippen molar-refractivity contribution >= 4 is 11.6 Å². The Kier molecular flexibility index (Phi) is 2.74. The van der Waals surface area contributed by atoms with Gasteiger partial charge < -0.3 is 15.0 Å². The molecule has 1 aromatic carbocycles. The molecular formula is C14H18N2O2. The predicted octanol–water partition coefficient (Wildman–Crippen LogP) is 2.00. The molecule has 0 aliphatic carbocycles. The molecular weight excluding hydrogens is 228 g/mol. The molecule has 1 fully saturated rings. The van der Waals surface area contributed by atoms with Gasteiger partial charge in [0.15, 0.2) is 0 Å². The van der Waals surface area contributed by atoms with Gasteiger partial charge in [0.05, 0.1) is 17.3 Å². The fourth-order valence-corrected chi connectivity index (χ4v) is 3.01. The van der Waals surface area contributed by atoms with Crippen LogP contribution in [0.3, 0.4) is 0 Å². The van der Waals surface area contributed by atoms with E-state index in [4.69, 9.17) is 4.74 Å². The lowest BCUT2D eigenvalue weighted by Gasteiger charge is -2.28. The van der Waals surface area contributed by atoms with E-state index in [1.807, 2.05) is 30.0 Å². The van der Waals surface area contributed by atoms with E-state index in [0.29, 0.717) is 0 Å². The molecule has 0 unspecified atom stereocenters. The number of hydrogen-bond acceptors (Lipinski definition) is 3. The van der Waals surface area contributed by atoms with Crippen LogP contribution in [0.4, 0.5) is 5.69 Å². The number of para-hydroxylation sites is 1. The predicted molar refractivity (Wildman–Crippen MR) is 69.7 cm³/mol. The van der Waals surface area contributed by atoms with E-state index in [1.165, 1.54) is 0 Å². The van der Waals surface area contributed by atoms with Crippen molar-refractivity contribution in [2.24, 2.45) is 0 Å². The highest BCUT2D eigenvalue weighted by molar-refractivity contribution is 6.01. The maximum absolute atomic E-state index is 12.6. The number of fused-ring (bicyclic) bond motifs is 2. The van der Waals surface area contributed by atoms with E-state index in [-0.39, 0.29) is 18.2 Å². The van der Waals surface area contributed by atoms with Gasteiger partial charge in [0.2, 0.25) is 0 Å². The SMILES string of the molecule is CO[C@H]1Nc2c(C)cccc2C(=O)N2CCC[C@@H]12. The number of nitrogens with zero attached hydrogens (tertiary/aromatic N) is 1. The lowest BCUT2D eigenvalue weighted by molar-refractivity contribution is 0.0420. The molecule has 2 atom stereocenters. The molecule has 1 aromatic rings. The molecule has 2 heterocycles. The van der Waals surface area contributed by atoms with Gasteiger partial charge in [-0.15, -0.1) is 0 Å². The Morgan fingerprint density at radius 2 is 2.28 bits per heavy atom. The highest BCUT2D eigenvalue weighted by Gasteiger charge is 2.39. The summed E-state index contributed by atoms with van der Waals surface area (Å²) in [4.78, 5) is 14.5. The summed E-state index contributed by atoms with van der Waals surface area (Å²) in [5.74, 6) is 0.128. The van der Waals surface area contributed by atoms with Crippen molar-refractivity contribution in [1.29, 1.82) is 0 Å². The van der Waals surface area contributed by atoms with Crippen LogP contribution in [0.1, 0.15) is 28.8 Å². The van der Waals surface area contributed by atoms with E-state index in [2.05, 4.69) is 5.32 Å². The Labute approximate surface area is 107 Å². The molecule has 3 rings (SSSR count). The van der Waals surface area contributed by atoms with Crippen molar-refractivity contribution in [3.05, 3.63) is 29.3 Å². The monoisotopic (exact) mass is 246 g/mol. The largest absolute Gasteiger partial charge is 0.360 e. The highest BCUT2D eigenvalue weighted by atomic mass is 16.5. The van der Waals surface area contributed by atoms with Gasteiger partial charge in [0, 0.05) is 13.7 Å². The highest BCUT2D eigenvalue weighted by Crippen LogP contribution is 2.32. The second-order valence-corrected chi connectivity index (χ2v) is 5.01. The van der Waals surface area contributed by atoms with Gasteiger partial charge in [-0.1, -0.05) is 12.1 Å². The zero-order valence-corrected chi connectivity index (χ0v) is 10.8. The van der Waals surface area contributed by atoms with E-state index in [0.717, 1.165) is 36.2 Å². The summed E-state index contributed by atoms with van der Waals surface area (Å²) in [6.45, 7) is 2.85. The molecule has 1 amide bonds. The number of aryl methyl sites for hydroxylation is 1. The van der Waals surface area contributed by atoms with Crippen LogP contribution >= 0.6 is 0 Å². The minimum atomic E-state index is -0.112. The van der Waals surface area contributed by atoms with Crippen LogP contribution in [-0.2, 0) is 4.74 Å². The maximum Gasteiger partial charge on any atom is 0.256 e. The molecule has 4 nitrogen and oxygen atoms in total. The van der Waals surface area contributed by atoms with Crippen molar-refractivity contribution in [2.75, 3.05) is 19.0 Å². The summed E-state index contributed by atoms with van der Waals surface area (Å²) in [6.07, 6.45) is 1.95.